The fraction of sp³-hybridized carbons (Fsp3) is 0.464. The summed E-state index contributed by atoms with van der Waals surface area (Å²) in [6.45, 7) is 11.9. The lowest BCUT2D eigenvalue weighted by molar-refractivity contribution is 0.0155. The van der Waals surface area contributed by atoms with Gasteiger partial charge < -0.3 is 5.11 Å². The zero-order valence-corrected chi connectivity index (χ0v) is 20.7. The highest BCUT2D eigenvalue weighted by Gasteiger charge is 2.36. The lowest BCUT2D eigenvalue weighted by atomic mass is 9.89. The van der Waals surface area contributed by atoms with E-state index in [2.05, 4.69) is 23.9 Å². The van der Waals surface area contributed by atoms with Crippen molar-refractivity contribution in [1.82, 2.24) is 14.8 Å². The third-order valence-corrected chi connectivity index (χ3v) is 6.57. The van der Waals surface area contributed by atoms with Crippen molar-refractivity contribution in [3.63, 3.8) is 0 Å². The van der Waals surface area contributed by atoms with E-state index in [1.807, 2.05) is 70.4 Å². The van der Waals surface area contributed by atoms with Gasteiger partial charge in [-0.15, -0.1) is 0 Å². The van der Waals surface area contributed by atoms with Gasteiger partial charge in [0.2, 0.25) is 0 Å². The number of aromatic nitrogens is 3. The minimum atomic E-state index is -0.457. The molecule has 0 amide bonds. The third-order valence-electron chi connectivity index (χ3n) is 6.57. The standard InChI is InChI=1S/C20H21N3O.C8H16O/c1-4-15-6-5-7-18(19(15)20(24)14(2)3)16-12-22-23(13-16)17-8-10-21-11-9-17;1-6(7-4-5-7)8(2,3)9/h5-14H,4H2,1-3H3;6-7,9H,4-5H2,1-3H3. The highest BCUT2D eigenvalue weighted by Crippen LogP contribution is 2.41. The molecule has 0 saturated heterocycles. The number of aliphatic hydroxyl groups is 1. The van der Waals surface area contributed by atoms with E-state index in [0.29, 0.717) is 5.92 Å². The summed E-state index contributed by atoms with van der Waals surface area (Å²) in [6.07, 6.45) is 10.7. The van der Waals surface area contributed by atoms with Crippen LogP contribution in [-0.2, 0) is 6.42 Å². The van der Waals surface area contributed by atoms with Gasteiger partial charge in [-0.2, -0.15) is 5.10 Å². The first-order chi connectivity index (χ1) is 15.6. The van der Waals surface area contributed by atoms with Gasteiger partial charge in [-0.3, -0.25) is 9.78 Å². The Hall–Kier alpha value is -2.79. The van der Waals surface area contributed by atoms with Crippen molar-refractivity contribution in [2.75, 3.05) is 0 Å². The number of hydrogen-bond acceptors (Lipinski definition) is 4. The molecule has 4 rings (SSSR count). The molecule has 5 nitrogen and oxygen atoms in total. The van der Waals surface area contributed by atoms with Crippen molar-refractivity contribution in [3.8, 4) is 16.8 Å². The summed E-state index contributed by atoms with van der Waals surface area (Å²) < 4.78 is 1.80. The van der Waals surface area contributed by atoms with Gasteiger partial charge in [0.1, 0.15) is 0 Å². The van der Waals surface area contributed by atoms with Crippen molar-refractivity contribution in [1.29, 1.82) is 0 Å². The fourth-order valence-electron chi connectivity index (χ4n) is 3.99. The number of carbonyl (C=O) groups is 1. The van der Waals surface area contributed by atoms with Crippen molar-refractivity contribution >= 4 is 5.78 Å². The van der Waals surface area contributed by atoms with E-state index >= 15 is 0 Å². The topological polar surface area (TPSA) is 68.0 Å². The van der Waals surface area contributed by atoms with E-state index < -0.39 is 5.60 Å². The van der Waals surface area contributed by atoms with Gasteiger partial charge in [-0.25, -0.2) is 4.68 Å². The first-order valence-corrected chi connectivity index (χ1v) is 12.0. The molecule has 1 aliphatic carbocycles. The molecule has 3 aromatic rings. The summed E-state index contributed by atoms with van der Waals surface area (Å²) in [7, 11) is 0. The lowest BCUT2D eigenvalue weighted by Gasteiger charge is -2.25. The number of nitrogens with zero attached hydrogens (tertiary/aromatic N) is 3. The molecule has 0 radical (unpaired) electrons. The van der Waals surface area contributed by atoms with E-state index in [1.165, 1.54) is 12.8 Å². The highest BCUT2D eigenvalue weighted by atomic mass is 16.3. The van der Waals surface area contributed by atoms with E-state index in [-0.39, 0.29) is 11.7 Å². The summed E-state index contributed by atoms with van der Waals surface area (Å²) in [5.41, 5.74) is 4.30. The molecule has 33 heavy (non-hydrogen) atoms. The van der Waals surface area contributed by atoms with Crippen molar-refractivity contribution in [3.05, 3.63) is 66.2 Å². The highest BCUT2D eigenvalue weighted by molar-refractivity contribution is 6.04. The Bertz CT molecular complexity index is 1060. The van der Waals surface area contributed by atoms with Crippen LogP contribution in [0.4, 0.5) is 0 Å². The Morgan fingerprint density at radius 2 is 1.82 bits per heavy atom. The van der Waals surface area contributed by atoms with Crippen molar-refractivity contribution < 1.29 is 9.90 Å². The van der Waals surface area contributed by atoms with Crippen LogP contribution in [-0.4, -0.2) is 31.3 Å². The minimum absolute atomic E-state index is 0.0355. The molecule has 1 unspecified atom stereocenters. The predicted molar refractivity (Wildman–Crippen MR) is 134 cm³/mol. The summed E-state index contributed by atoms with van der Waals surface area (Å²) in [6, 6.07) is 9.85. The average molecular weight is 448 g/mol. The van der Waals surface area contributed by atoms with Gasteiger partial charge in [0.25, 0.3) is 0 Å². The van der Waals surface area contributed by atoms with Gasteiger partial charge in [0.05, 0.1) is 17.5 Å². The van der Waals surface area contributed by atoms with Crippen LogP contribution in [0.25, 0.3) is 16.8 Å². The minimum Gasteiger partial charge on any atom is -0.390 e. The number of carbonyl (C=O) groups excluding carboxylic acids is 1. The van der Waals surface area contributed by atoms with Crippen LogP contribution < -0.4 is 0 Å². The van der Waals surface area contributed by atoms with E-state index in [4.69, 9.17) is 0 Å². The predicted octanol–water partition coefficient (Wildman–Crippen LogP) is 6.14. The second-order valence-corrected chi connectivity index (χ2v) is 9.87. The molecule has 1 saturated carbocycles. The van der Waals surface area contributed by atoms with Gasteiger partial charge in [0.15, 0.2) is 5.78 Å². The van der Waals surface area contributed by atoms with Crippen LogP contribution in [0.15, 0.2) is 55.1 Å². The van der Waals surface area contributed by atoms with Crippen LogP contribution >= 0.6 is 0 Å². The van der Waals surface area contributed by atoms with Crippen molar-refractivity contribution in [2.45, 2.75) is 66.4 Å². The molecule has 2 aromatic heterocycles. The van der Waals surface area contributed by atoms with E-state index in [1.54, 1.807) is 17.1 Å². The van der Waals surface area contributed by atoms with Crippen LogP contribution in [0.2, 0.25) is 0 Å². The number of pyridine rings is 1. The zero-order valence-electron chi connectivity index (χ0n) is 20.7. The first kappa shape index (κ1) is 24.8. The Balaban J connectivity index is 0.000000286. The summed E-state index contributed by atoms with van der Waals surface area (Å²) >= 11 is 0. The van der Waals surface area contributed by atoms with Crippen LogP contribution in [0, 0.1) is 17.8 Å². The molecule has 5 heteroatoms. The number of rotatable bonds is 7. The molecule has 0 bridgehead atoms. The fourth-order valence-corrected chi connectivity index (χ4v) is 3.99. The monoisotopic (exact) mass is 447 g/mol. The summed E-state index contributed by atoms with van der Waals surface area (Å²) in [5, 5.41) is 13.9. The molecule has 2 heterocycles. The molecule has 1 aromatic carbocycles. The van der Waals surface area contributed by atoms with Gasteiger partial charge in [0, 0.05) is 35.6 Å². The Kier molecular flexibility index (Phi) is 7.85. The maximum Gasteiger partial charge on any atom is 0.166 e. The average Bonchev–Trinajstić information content (AvgIpc) is 3.53. The molecular weight excluding hydrogens is 410 g/mol. The second-order valence-electron chi connectivity index (χ2n) is 9.87. The molecule has 1 N–H and O–H groups in total. The van der Waals surface area contributed by atoms with Crippen LogP contribution in [0.1, 0.15) is 70.3 Å². The number of Topliss-reactive ketones (excluding diaryl/α,β-unsaturated/α-hetero) is 1. The first-order valence-electron chi connectivity index (χ1n) is 12.0. The number of aryl methyl sites for hydroxylation is 1. The number of hydrogen-bond donors (Lipinski definition) is 1. The Morgan fingerprint density at radius 1 is 1.15 bits per heavy atom. The molecule has 1 aliphatic rings. The third kappa shape index (κ3) is 6.17. The quantitative estimate of drug-likeness (QED) is 0.442. The lowest BCUT2D eigenvalue weighted by Crippen LogP contribution is -2.29. The normalized spacial score (nSPS) is 14.5. The van der Waals surface area contributed by atoms with Crippen LogP contribution in [0.5, 0.6) is 0 Å². The smallest absolute Gasteiger partial charge is 0.166 e. The molecular formula is C28H37N3O2. The summed E-state index contributed by atoms with van der Waals surface area (Å²) in [4.78, 5) is 16.8. The van der Waals surface area contributed by atoms with Crippen molar-refractivity contribution in [2.24, 2.45) is 17.8 Å². The molecule has 176 valence electrons. The van der Waals surface area contributed by atoms with Gasteiger partial charge in [-0.1, -0.05) is 45.9 Å². The van der Waals surface area contributed by atoms with E-state index in [0.717, 1.165) is 40.3 Å². The second kappa shape index (κ2) is 10.4. The molecule has 1 fully saturated rings. The Morgan fingerprint density at radius 3 is 2.33 bits per heavy atom. The SMILES string of the molecule is CC(C1CC1)C(C)(C)O.CCc1cccc(-c2cnn(-c3ccncc3)c2)c1C(=O)C(C)C. The maximum absolute atomic E-state index is 12.8. The summed E-state index contributed by atoms with van der Waals surface area (Å²) in [5.74, 6) is 1.44. The molecule has 1 atom stereocenters. The Labute approximate surface area is 197 Å². The van der Waals surface area contributed by atoms with E-state index in [9.17, 15) is 9.90 Å². The van der Waals surface area contributed by atoms with Crippen LogP contribution in [0.3, 0.4) is 0 Å². The van der Waals surface area contributed by atoms with Gasteiger partial charge in [-0.05, 0) is 68.2 Å². The van der Waals surface area contributed by atoms with Gasteiger partial charge >= 0.3 is 0 Å². The zero-order chi connectivity index (χ0) is 24.2. The molecule has 0 spiro atoms. The molecule has 0 aliphatic heterocycles. The number of ketones is 1. The maximum atomic E-state index is 12.8. The largest absolute Gasteiger partial charge is 0.390 e. The number of benzene rings is 1.